The summed E-state index contributed by atoms with van der Waals surface area (Å²) in [5.41, 5.74) is 1.87. The molecule has 1 unspecified atom stereocenters. The van der Waals surface area contributed by atoms with Crippen molar-refractivity contribution in [3.05, 3.63) is 23.5 Å². The third-order valence-electron chi connectivity index (χ3n) is 4.24. The van der Waals surface area contributed by atoms with Crippen molar-refractivity contribution in [2.45, 2.75) is 45.9 Å². The highest BCUT2D eigenvalue weighted by Gasteiger charge is 2.33. The molecule has 2 aromatic heterocycles. The minimum Gasteiger partial charge on any atom is -0.479 e. The molecule has 1 N–H and O–H groups in total. The number of aryl methyl sites for hydroxylation is 1. The number of fused-ring (bicyclic) bond motifs is 1. The lowest BCUT2D eigenvalue weighted by atomic mass is 10.1. The second-order valence-corrected chi connectivity index (χ2v) is 6.72. The molecular formula is C17H22N4O4. The zero-order valence-corrected chi connectivity index (χ0v) is 14.8. The number of carbonyl (C=O) groups is 2. The molecule has 134 valence electrons. The van der Waals surface area contributed by atoms with Gasteiger partial charge in [-0.3, -0.25) is 4.79 Å². The van der Waals surface area contributed by atoms with E-state index in [-0.39, 0.29) is 24.6 Å². The van der Waals surface area contributed by atoms with Gasteiger partial charge in [0.05, 0.1) is 29.8 Å². The Bertz CT molecular complexity index is 829. The van der Waals surface area contributed by atoms with Crippen molar-refractivity contribution < 1.29 is 19.4 Å². The minimum absolute atomic E-state index is 0.0275. The molecular weight excluding hydrogens is 324 g/mol. The lowest BCUT2D eigenvalue weighted by Gasteiger charge is -2.35. The number of carboxylic acid groups (broad SMARTS) is 1. The molecule has 0 aliphatic carbocycles. The summed E-state index contributed by atoms with van der Waals surface area (Å²) < 4.78 is 7.17. The number of hydrogen-bond donors (Lipinski definition) is 1. The highest BCUT2D eigenvalue weighted by atomic mass is 16.5. The van der Waals surface area contributed by atoms with Gasteiger partial charge in [0.25, 0.3) is 5.91 Å². The van der Waals surface area contributed by atoms with Crippen molar-refractivity contribution in [1.82, 2.24) is 19.7 Å². The Morgan fingerprint density at radius 1 is 1.36 bits per heavy atom. The van der Waals surface area contributed by atoms with Crippen LogP contribution in [0.15, 0.2) is 12.3 Å². The van der Waals surface area contributed by atoms with Crippen LogP contribution in [-0.4, -0.2) is 61.9 Å². The number of morpholine rings is 1. The number of rotatable bonds is 3. The molecule has 0 aromatic carbocycles. The molecule has 1 fully saturated rings. The molecule has 3 heterocycles. The molecule has 0 spiro atoms. The van der Waals surface area contributed by atoms with E-state index < -0.39 is 12.1 Å². The van der Waals surface area contributed by atoms with Crippen LogP contribution in [0, 0.1) is 6.92 Å². The minimum atomic E-state index is -1.06. The van der Waals surface area contributed by atoms with Crippen LogP contribution >= 0.6 is 0 Å². The Morgan fingerprint density at radius 2 is 2.08 bits per heavy atom. The number of pyridine rings is 1. The summed E-state index contributed by atoms with van der Waals surface area (Å²) in [6.45, 7) is 7.97. The van der Waals surface area contributed by atoms with E-state index >= 15 is 0 Å². The molecule has 0 radical (unpaired) electrons. The molecule has 1 aliphatic heterocycles. The van der Waals surface area contributed by atoms with Crippen molar-refractivity contribution in [2.75, 3.05) is 13.1 Å². The van der Waals surface area contributed by atoms with Gasteiger partial charge in [0.2, 0.25) is 0 Å². The Hall–Kier alpha value is -2.48. The maximum absolute atomic E-state index is 13.1. The van der Waals surface area contributed by atoms with Gasteiger partial charge in [0, 0.05) is 18.3 Å². The van der Waals surface area contributed by atoms with E-state index in [2.05, 4.69) is 10.1 Å². The molecule has 25 heavy (non-hydrogen) atoms. The van der Waals surface area contributed by atoms with Gasteiger partial charge in [-0.15, -0.1) is 0 Å². The van der Waals surface area contributed by atoms with Gasteiger partial charge in [0.1, 0.15) is 0 Å². The van der Waals surface area contributed by atoms with Crippen molar-refractivity contribution >= 4 is 22.9 Å². The lowest BCUT2D eigenvalue weighted by molar-refractivity contribution is -0.160. The van der Waals surface area contributed by atoms with E-state index in [1.54, 1.807) is 23.9 Å². The van der Waals surface area contributed by atoms with Crippen molar-refractivity contribution in [1.29, 1.82) is 0 Å². The number of nitrogens with zero attached hydrogens (tertiary/aromatic N) is 4. The normalized spacial score (nSPS) is 21.1. The smallest absolute Gasteiger partial charge is 0.334 e. The van der Waals surface area contributed by atoms with Crippen LogP contribution in [-0.2, 0) is 9.53 Å². The molecule has 2 atom stereocenters. The first kappa shape index (κ1) is 17.3. The maximum Gasteiger partial charge on any atom is 0.334 e. The van der Waals surface area contributed by atoms with Crippen LogP contribution in [0.5, 0.6) is 0 Å². The third kappa shape index (κ3) is 3.21. The van der Waals surface area contributed by atoms with Crippen LogP contribution in [0.2, 0.25) is 0 Å². The molecule has 3 rings (SSSR count). The summed E-state index contributed by atoms with van der Waals surface area (Å²) in [5.74, 6) is -1.28. The van der Waals surface area contributed by atoms with Crippen molar-refractivity contribution in [3.63, 3.8) is 0 Å². The Morgan fingerprint density at radius 3 is 2.72 bits per heavy atom. The zero-order valence-electron chi connectivity index (χ0n) is 14.8. The van der Waals surface area contributed by atoms with E-state index in [1.807, 2.05) is 20.8 Å². The second-order valence-electron chi connectivity index (χ2n) is 6.72. The molecule has 1 saturated heterocycles. The standard InChI is InChI=1S/C17H22N4O4/c1-9(2)21-15-13(6-18-21)12(5-10(3)19-15)16(22)20-7-11(4)25-14(8-20)17(23)24/h5-6,9,11,14H,7-8H2,1-4H3,(H,23,24)/t11-,14?/m1/s1. The zero-order chi connectivity index (χ0) is 18.3. The quantitative estimate of drug-likeness (QED) is 0.907. The first-order chi connectivity index (χ1) is 11.8. The van der Waals surface area contributed by atoms with Gasteiger partial charge in [-0.25, -0.2) is 14.5 Å². The number of carboxylic acids is 1. The number of hydrogen-bond acceptors (Lipinski definition) is 5. The van der Waals surface area contributed by atoms with E-state index in [1.165, 1.54) is 4.90 Å². The Labute approximate surface area is 145 Å². The van der Waals surface area contributed by atoms with Gasteiger partial charge in [-0.2, -0.15) is 5.10 Å². The van der Waals surface area contributed by atoms with E-state index in [0.717, 1.165) is 0 Å². The predicted octanol–water partition coefficient (Wildman–Crippen LogP) is 1.63. The summed E-state index contributed by atoms with van der Waals surface area (Å²) in [5, 5.41) is 14.2. The fourth-order valence-electron chi connectivity index (χ4n) is 3.12. The van der Waals surface area contributed by atoms with Gasteiger partial charge in [-0.05, 0) is 33.8 Å². The summed E-state index contributed by atoms with van der Waals surface area (Å²) in [6, 6.07) is 1.85. The molecule has 1 amide bonds. The number of aromatic nitrogens is 3. The van der Waals surface area contributed by atoms with E-state index in [9.17, 15) is 14.7 Å². The SMILES string of the molecule is Cc1cc(C(=O)N2CC(C(=O)O)O[C@H](C)C2)c2cnn(C(C)C)c2n1. The predicted molar refractivity (Wildman–Crippen MR) is 90.5 cm³/mol. The highest BCUT2D eigenvalue weighted by molar-refractivity contribution is 6.05. The van der Waals surface area contributed by atoms with Gasteiger partial charge in [-0.1, -0.05) is 0 Å². The largest absolute Gasteiger partial charge is 0.479 e. The first-order valence-electron chi connectivity index (χ1n) is 8.30. The summed E-state index contributed by atoms with van der Waals surface area (Å²) in [7, 11) is 0. The van der Waals surface area contributed by atoms with Crippen LogP contribution in [0.4, 0.5) is 0 Å². The molecule has 0 bridgehead atoms. The summed E-state index contributed by atoms with van der Waals surface area (Å²) >= 11 is 0. The number of carbonyl (C=O) groups excluding carboxylic acids is 1. The van der Waals surface area contributed by atoms with E-state index in [0.29, 0.717) is 28.8 Å². The van der Waals surface area contributed by atoms with Crippen molar-refractivity contribution in [3.8, 4) is 0 Å². The fourth-order valence-corrected chi connectivity index (χ4v) is 3.12. The van der Waals surface area contributed by atoms with E-state index in [4.69, 9.17) is 4.74 Å². The molecule has 8 nitrogen and oxygen atoms in total. The van der Waals surface area contributed by atoms with Crippen LogP contribution in [0.25, 0.3) is 11.0 Å². The average molecular weight is 346 g/mol. The van der Waals surface area contributed by atoms with Crippen molar-refractivity contribution in [2.24, 2.45) is 0 Å². The summed E-state index contributed by atoms with van der Waals surface area (Å²) in [6.07, 6.45) is 0.299. The highest BCUT2D eigenvalue weighted by Crippen LogP contribution is 2.23. The summed E-state index contributed by atoms with van der Waals surface area (Å²) in [4.78, 5) is 30.4. The van der Waals surface area contributed by atoms with Crippen LogP contribution < -0.4 is 0 Å². The van der Waals surface area contributed by atoms with Crippen LogP contribution in [0.1, 0.15) is 42.9 Å². The number of aliphatic carboxylic acids is 1. The van der Waals surface area contributed by atoms with Gasteiger partial charge in [0.15, 0.2) is 11.8 Å². The topological polar surface area (TPSA) is 97.5 Å². The average Bonchev–Trinajstić information content (AvgIpc) is 2.96. The Kier molecular flexibility index (Phi) is 4.47. The Balaban J connectivity index is 2.01. The van der Waals surface area contributed by atoms with Gasteiger partial charge >= 0.3 is 5.97 Å². The fraction of sp³-hybridized carbons (Fsp3) is 0.529. The second kappa shape index (κ2) is 6.44. The number of amides is 1. The lowest BCUT2D eigenvalue weighted by Crippen LogP contribution is -2.51. The van der Waals surface area contributed by atoms with Crippen LogP contribution in [0.3, 0.4) is 0 Å². The monoisotopic (exact) mass is 346 g/mol. The molecule has 2 aromatic rings. The number of ether oxygens (including phenoxy) is 1. The molecule has 0 saturated carbocycles. The first-order valence-corrected chi connectivity index (χ1v) is 8.30. The van der Waals surface area contributed by atoms with Gasteiger partial charge < -0.3 is 14.7 Å². The third-order valence-corrected chi connectivity index (χ3v) is 4.24. The molecule has 8 heteroatoms. The molecule has 1 aliphatic rings. The maximum atomic E-state index is 13.1.